The number of amides is 6. The first kappa shape index (κ1) is 48.5. The maximum Gasteiger partial charge on any atom is 0.395 e. The molecular weight excluding hydrogens is 914 g/mol. The number of halogens is 3. The van der Waals surface area contributed by atoms with Crippen molar-refractivity contribution in [1.29, 1.82) is 0 Å². The summed E-state index contributed by atoms with van der Waals surface area (Å²) in [6, 6.07) is 12.4. The molecule has 2 N–H and O–H groups in total. The van der Waals surface area contributed by atoms with E-state index in [0.717, 1.165) is 27.8 Å². The molecule has 0 spiro atoms. The van der Waals surface area contributed by atoms with Crippen LogP contribution in [0.4, 0.5) is 13.2 Å². The highest BCUT2D eigenvalue weighted by Gasteiger charge is 2.42. The van der Waals surface area contributed by atoms with Gasteiger partial charge in [-0.1, -0.05) is 50.2 Å². The van der Waals surface area contributed by atoms with Crippen molar-refractivity contribution in [3.63, 3.8) is 0 Å². The van der Waals surface area contributed by atoms with Gasteiger partial charge < -0.3 is 9.80 Å². The molecule has 0 saturated carbocycles. The first-order valence-corrected chi connectivity index (χ1v) is 23.3. The molecule has 4 aliphatic heterocycles. The molecule has 67 heavy (non-hydrogen) atoms. The molecule has 2 aromatic carbocycles. The summed E-state index contributed by atoms with van der Waals surface area (Å²) in [6.07, 6.45) is -2.92. The maximum atomic E-state index is 12.9. The lowest BCUT2D eigenvalue weighted by Gasteiger charge is -2.29. The lowest BCUT2D eigenvalue weighted by molar-refractivity contribution is -0.146. The van der Waals surface area contributed by atoms with Crippen LogP contribution >= 0.6 is 22.7 Å². The second-order valence-corrected chi connectivity index (χ2v) is 19.2. The van der Waals surface area contributed by atoms with Gasteiger partial charge in [-0.2, -0.15) is 13.2 Å². The molecule has 3 atom stereocenters. The summed E-state index contributed by atoms with van der Waals surface area (Å²) in [6.45, 7) is 5.58. The van der Waals surface area contributed by atoms with Crippen molar-refractivity contribution < 1.29 is 61.1 Å². The fourth-order valence-corrected chi connectivity index (χ4v) is 10.3. The standard InChI is InChI=1S/C24H21F3N2O5S.C24H24N2O5S/c1-12(24(25,26)27)13-2-4-14(5-3-13)21(32)18(30)7-8-19-15-10-29(23(34)16(15)11-35-19)17-6-9-20(31)28-22(17)33;1-13(2)19-8-9-20(32-19)22(29)18(27)7-4-14-3-5-16-15(11-14)12-26(24(16)31)17-6-10-21(28)25-23(17)30/h2-5,11-12,17H,6-10H2,1H3,(H,28,31,33);3,5,8-9,11,13,17H,4,6-7,10,12H2,1-2H3,(H,25,28,30). The zero-order chi connectivity index (χ0) is 48.5. The number of carbonyl (C=O) groups is 10. The van der Waals surface area contributed by atoms with Crippen LogP contribution < -0.4 is 10.6 Å². The molecule has 14 nitrogen and oxygen atoms in total. The second-order valence-electron chi connectivity index (χ2n) is 17.1. The summed E-state index contributed by atoms with van der Waals surface area (Å²) in [5, 5.41) is 6.19. The number of benzene rings is 2. The van der Waals surface area contributed by atoms with E-state index in [1.54, 1.807) is 23.6 Å². The third-order valence-electron chi connectivity index (χ3n) is 12.3. The third-order valence-corrected chi connectivity index (χ3v) is 14.8. The van der Waals surface area contributed by atoms with E-state index in [9.17, 15) is 61.1 Å². The summed E-state index contributed by atoms with van der Waals surface area (Å²) >= 11 is 2.65. The van der Waals surface area contributed by atoms with Crippen LogP contribution in [0.1, 0.15) is 144 Å². The number of ketones is 4. The summed E-state index contributed by atoms with van der Waals surface area (Å²) < 4.78 is 38.6. The summed E-state index contributed by atoms with van der Waals surface area (Å²) in [7, 11) is 0. The molecule has 3 unspecified atom stereocenters. The van der Waals surface area contributed by atoms with Crippen molar-refractivity contribution in [1.82, 2.24) is 20.4 Å². The van der Waals surface area contributed by atoms with Crippen molar-refractivity contribution in [2.75, 3.05) is 0 Å². The molecule has 4 aliphatic rings. The highest BCUT2D eigenvalue weighted by Crippen LogP contribution is 2.36. The molecule has 19 heteroatoms. The van der Waals surface area contributed by atoms with Crippen molar-refractivity contribution in [3.05, 3.63) is 114 Å². The van der Waals surface area contributed by atoms with Gasteiger partial charge in [0.25, 0.3) is 11.8 Å². The molecule has 0 radical (unpaired) electrons. The summed E-state index contributed by atoms with van der Waals surface area (Å²) in [4.78, 5) is 128. The van der Waals surface area contributed by atoms with Gasteiger partial charge in [0.15, 0.2) is 0 Å². The molecule has 350 valence electrons. The normalized spacial score (nSPS) is 18.6. The average Bonchev–Trinajstić information content (AvgIpc) is 4.09. The highest BCUT2D eigenvalue weighted by molar-refractivity contribution is 7.15. The number of Topliss-reactive ketones (excluding diaryl/α,β-unsaturated/α-hetero) is 4. The monoisotopic (exact) mass is 958 g/mol. The minimum atomic E-state index is -4.41. The van der Waals surface area contributed by atoms with E-state index < -0.39 is 59.1 Å². The molecule has 8 rings (SSSR count). The smallest absolute Gasteiger partial charge is 0.322 e. The third kappa shape index (κ3) is 10.6. The second kappa shape index (κ2) is 19.8. The predicted octanol–water partition coefficient (Wildman–Crippen LogP) is 6.58. The topological polar surface area (TPSA) is 201 Å². The van der Waals surface area contributed by atoms with Crippen LogP contribution in [-0.2, 0) is 54.7 Å². The van der Waals surface area contributed by atoms with Gasteiger partial charge in [0.05, 0.1) is 16.4 Å². The number of alkyl halides is 3. The number of aryl methyl sites for hydroxylation is 2. The zero-order valence-corrected chi connectivity index (χ0v) is 38.2. The van der Waals surface area contributed by atoms with Crippen molar-refractivity contribution in [2.45, 2.75) is 115 Å². The largest absolute Gasteiger partial charge is 0.395 e. The minimum Gasteiger partial charge on any atom is -0.322 e. The fourth-order valence-electron chi connectivity index (χ4n) is 8.30. The number of hydrogen-bond acceptors (Lipinski definition) is 12. The number of fused-ring (bicyclic) bond motifs is 2. The number of imide groups is 2. The number of piperidine rings is 2. The van der Waals surface area contributed by atoms with E-state index in [-0.39, 0.29) is 86.4 Å². The Morgan fingerprint density at radius 2 is 1.30 bits per heavy atom. The van der Waals surface area contributed by atoms with Gasteiger partial charge in [0.2, 0.25) is 46.8 Å². The van der Waals surface area contributed by atoms with Crippen LogP contribution in [0.15, 0.2) is 60.0 Å². The molecule has 4 aromatic rings. The Bertz CT molecular complexity index is 2720. The molecular formula is C48H45F3N4O10S2. The van der Waals surface area contributed by atoms with Crippen molar-refractivity contribution >= 4 is 81.2 Å². The first-order valence-electron chi connectivity index (χ1n) is 21.6. The highest BCUT2D eigenvalue weighted by atomic mass is 32.1. The maximum absolute atomic E-state index is 12.9. The van der Waals surface area contributed by atoms with Gasteiger partial charge in [-0.15, -0.1) is 22.7 Å². The Hall–Kier alpha value is -6.47. The van der Waals surface area contributed by atoms with Gasteiger partial charge >= 0.3 is 6.18 Å². The Balaban J connectivity index is 0.000000200. The van der Waals surface area contributed by atoms with E-state index in [1.165, 1.54) is 56.7 Å². The molecule has 6 heterocycles. The number of rotatable bonds is 14. The van der Waals surface area contributed by atoms with Gasteiger partial charge in [-0.05, 0) is 79.0 Å². The SMILES string of the molecule is CC(C)c1ccc(C(=O)C(=O)CCc2ccc3c(c2)CN(C2CCC(=O)NC2=O)C3=O)s1.CC(c1ccc(C(=O)C(=O)CCc2scc3c2CN(C2CCC(=O)NC2=O)C3=O)cc1)C(F)(F)F. The number of nitrogens with zero attached hydrogens (tertiary/aromatic N) is 2. The van der Waals surface area contributed by atoms with Crippen LogP contribution in [0.2, 0.25) is 0 Å². The number of carbonyl (C=O) groups excluding carboxylic acids is 10. The molecule has 2 fully saturated rings. The fraction of sp³-hybridized carbons (Fsp3) is 0.375. The molecule has 6 amide bonds. The summed E-state index contributed by atoms with van der Waals surface area (Å²) in [5.41, 5.74) is 3.34. The first-order chi connectivity index (χ1) is 31.7. The van der Waals surface area contributed by atoms with Crippen LogP contribution in [0, 0.1) is 0 Å². The van der Waals surface area contributed by atoms with E-state index in [2.05, 4.69) is 10.6 Å². The van der Waals surface area contributed by atoms with E-state index in [1.807, 2.05) is 26.0 Å². The van der Waals surface area contributed by atoms with Crippen molar-refractivity contribution in [2.24, 2.45) is 0 Å². The van der Waals surface area contributed by atoms with Gasteiger partial charge in [0, 0.05) is 65.0 Å². The minimum absolute atomic E-state index is 0.000817. The average molecular weight is 959 g/mol. The Kier molecular flexibility index (Phi) is 14.3. The Morgan fingerprint density at radius 3 is 1.88 bits per heavy atom. The van der Waals surface area contributed by atoms with E-state index >= 15 is 0 Å². The van der Waals surface area contributed by atoms with Crippen LogP contribution in [0.3, 0.4) is 0 Å². The lowest BCUT2D eigenvalue weighted by atomic mass is 9.96. The Labute approximate surface area is 390 Å². The van der Waals surface area contributed by atoms with Gasteiger partial charge in [0.1, 0.15) is 12.1 Å². The molecule has 2 aromatic heterocycles. The zero-order valence-electron chi connectivity index (χ0n) is 36.6. The number of hydrogen-bond donors (Lipinski definition) is 2. The van der Waals surface area contributed by atoms with Crippen LogP contribution in [0.5, 0.6) is 0 Å². The van der Waals surface area contributed by atoms with Crippen molar-refractivity contribution in [3.8, 4) is 0 Å². The summed E-state index contributed by atoms with van der Waals surface area (Å²) in [5.74, 6) is -5.93. The molecule has 2 saturated heterocycles. The quantitative estimate of drug-likeness (QED) is 0.0791. The van der Waals surface area contributed by atoms with Gasteiger partial charge in [-0.3, -0.25) is 58.6 Å². The molecule has 0 bridgehead atoms. The predicted molar refractivity (Wildman–Crippen MR) is 237 cm³/mol. The van der Waals surface area contributed by atoms with Crippen LogP contribution in [-0.4, -0.2) is 86.6 Å². The lowest BCUT2D eigenvalue weighted by Crippen LogP contribution is -2.52. The van der Waals surface area contributed by atoms with E-state index in [0.29, 0.717) is 40.3 Å². The number of nitrogens with one attached hydrogen (secondary N) is 2. The van der Waals surface area contributed by atoms with E-state index in [4.69, 9.17) is 0 Å². The number of thiophene rings is 2. The Morgan fingerprint density at radius 1 is 0.716 bits per heavy atom. The van der Waals surface area contributed by atoms with Crippen LogP contribution in [0.25, 0.3) is 0 Å². The molecule has 0 aliphatic carbocycles. The van der Waals surface area contributed by atoms with Gasteiger partial charge in [-0.25, -0.2) is 0 Å².